The molecule has 0 atom stereocenters. The van der Waals surface area contributed by atoms with Gasteiger partial charge in [0.05, 0.1) is 18.2 Å². The van der Waals surface area contributed by atoms with Gasteiger partial charge in [-0.2, -0.15) is 0 Å². The van der Waals surface area contributed by atoms with Gasteiger partial charge in [0.15, 0.2) is 5.16 Å². The van der Waals surface area contributed by atoms with Crippen LogP contribution in [0.3, 0.4) is 0 Å². The standard InChI is InChI=1S/C17H16N2O4S2/c1-4-6-19-15(20)12-5-7-24-14(12)18-17(19)25-9-11-8-13(10(2)23-11)16(21)22-3/h4-5,7-8H,1,6,9H2,2-3H3. The van der Waals surface area contributed by atoms with E-state index in [1.165, 1.54) is 30.2 Å². The molecule has 0 aliphatic heterocycles. The first-order chi connectivity index (χ1) is 12.0. The van der Waals surface area contributed by atoms with Gasteiger partial charge in [-0.25, -0.2) is 9.78 Å². The van der Waals surface area contributed by atoms with Gasteiger partial charge >= 0.3 is 5.97 Å². The average molecular weight is 376 g/mol. The molecule has 0 fully saturated rings. The number of thiophene rings is 1. The van der Waals surface area contributed by atoms with Gasteiger partial charge in [0.1, 0.15) is 21.9 Å². The predicted octanol–water partition coefficient (Wildman–Crippen LogP) is 3.62. The van der Waals surface area contributed by atoms with E-state index in [0.29, 0.717) is 44.8 Å². The molecule has 0 saturated heterocycles. The molecule has 25 heavy (non-hydrogen) atoms. The minimum atomic E-state index is -0.431. The van der Waals surface area contributed by atoms with Crippen LogP contribution in [0.5, 0.6) is 0 Å². The van der Waals surface area contributed by atoms with Crippen molar-refractivity contribution in [2.45, 2.75) is 24.4 Å². The number of fused-ring (bicyclic) bond motifs is 1. The normalized spacial score (nSPS) is 11.0. The lowest BCUT2D eigenvalue weighted by molar-refractivity contribution is 0.0599. The second kappa shape index (κ2) is 7.28. The Bertz CT molecular complexity index is 1000. The zero-order valence-electron chi connectivity index (χ0n) is 13.8. The molecule has 0 radical (unpaired) electrons. The number of hydrogen-bond acceptors (Lipinski definition) is 7. The molecule has 0 bridgehead atoms. The summed E-state index contributed by atoms with van der Waals surface area (Å²) in [5.41, 5.74) is 0.322. The summed E-state index contributed by atoms with van der Waals surface area (Å²) in [5.74, 6) is 1.14. The predicted molar refractivity (Wildman–Crippen MR) is 98.4 cm³/mol. The Labute approximate surface area is 152 Å². The topological polar surface area (TPSA) is 74.3 Å². The van der Waals surface area contributed by atoms with Crippen LogP contribution in [-0.4, -0.2) is 22.6 Å². The first kappa shape index (κ1) is 17.5. The van der Waals surface area contributed by atoms with E-state index >= 15 is 0 Å². The Morgan fingerprint density at radius 1 is 1.56 bits per heavy atom. The summed E-state index contributed by atoms with van der Waals surface area (Å²) >= 11 is 2.81. The maximum atomic E-state index is 12.6. The number of aryl methyl sites for hydroxylation is 1. The van der Waals surface area contributed by atoms with Crippen LogP contribution in [0.1, 0.15) is 21.9 Å². The van der Waals surface area contributed by atoms with Crippen molar-refractivity contribution in [3.05, 3.63) is 57.6 Å². The van der Waals surface area contributed by atoms with Crippen molar-refractivity contribution in [3.8, 4) is 0 Å². The molecule has 3 rings (SSSR count). The number of furan rings is 1. The summed E-state index contributed by atoms with van der Waals surface area (Å²) in [7, 11) is 1.33. The summed E-state index contributed by atoms with van der Waals surface area (Å²) in [6, 6.07) is 3.44. The number of carbonyl (C=O) groups excluding carboxylic acids is 1. The molecule has 0 amide bonds. The van der Waals surface area contributed by atoms with E-state index < -0.39 is 5.97 Å². The Balaban J connectivity index is 1.90. The van der Waals surface area contributed by atoms with Gasteiger partial charge < -0.3 is 9.15 Å². The van der Waals surface area contributed by atoms with Crippen molar-refractivity contribution in [3.63, 3.8) is 0 Å². The highest BCUT2D eigenvalue weighted by atomic mass is 32.2. The van der Waals surface area contributed by atoms with Crippen LogP contribution in [0, 0.1) is 6.92 Å². The van der Waals surface area contributed by atoms with Crippen molar-refractivity contribution >= 4 is 39.3 Å². The van der Waals surface area contributed by atoms with E-state index in [4.69, 9.17) is 9.15 Å². The lowest BCUT2D eigenvalue weighted by Crippen LogP contribution is -2.22. The molecule has 8 heteroatoms. The van der Waals surface area contributed by atoms with Crippen molar-refractivity contribution in [1.29, 1.82) is 0 Å². The number of hydrogen-bond donors (Lipinski definition) is 0. The third kappa shape index (κ3) is 3.40. The zero-order valence-corrected chi connectivity index (χ0v) is 15.4. The van der Waals surface area contributed by atoms with Crippen molar-refractivity contribution in [2.75, 3.05) is 7.11 Å². The quantitative estimate of drug-likeness (QED) is 0.283. The monoisotopic (exact) mass is 376 g/mol. The second-order valence-corrected chi connectivity index (χ2v) is 7.04. The molecule has 6 nitrogen and oxygen atoms in total. The highest BCUT2D eigenvalue weighted by Gasteiger charge is 2.17. The lowest BCUT2D eigenvalue weighted by Gasteiger charge is -2.09. The number of methoxy groups -OCH3 is 1. The number of thioether (sulfide) groups is 1. The van der Waals surface area contributed by atoms with Crippen molar-refractivity contribution < 1.29 is 13.9 Å². The lowest BCUT2D eigenvalue weighted by atomic mass is 10.2. The Morgan fingerprint density at radius 3 is 3.08 bits per heavy atom. The van der Waals surface area contributed by atoms with E-state index in [9.17, 15) is 9.59 Å². The largest absolute Gasteiger partial charge is 0.465 e. The summed E-state index contributed by atoms with van der Waals surface area (Å²) in [5, 5.41) is 3.05. The first-order valence-corrected chi connectivity index (χ1v) is 9.31. The molecule has 3 heterocycles. The van der Waals surface area contributed by atoms with Crippen LogP contribution in [0.25, 0.3) is 10.2 Å². The molecular weight excluding hydrogens is 360 g/mol. The third-order valence-electron chi connectivity index (χ3n) is 3.58. The van der Waals surface area contributed by atoms with E-state index in [0.717, 1.165) is 0 Å². The fraction of sp³-hybridized carbons (Fsp3) is 0.235. The van der Waals surface area contributed by atoms with E-state index in [-0.39, 0.29) is 5.56 Å². The molecule has 0 spiro atoms. The van der Waals surface area contributed by atoms with Gasteiger partial charge in [-0.3, -0.25) is 9.36 Å². The fourth-order valence-corrected chi connectivity index (χ4v) is 4.09. The van der Waals surface area contributed by atoms with Gasteiger partial charge in [-0.1, -0.05) is 17.8 Å². The van der Waals surface area contributed by atoms with Gasteiger partial charge in [0.2, 0.25) is 0 Å². The SMILES string of the molecule is C=CCn1c(SCc2cc(C(=O)OC)c(C)o2)nc2sccc2c1=O. The Morgan fingerprint density at radius 2 is 2.36 bits per heavy atom. The van der Waals surface area contributed by atoms with Crippen LogP contribution in [0.4, 0.5) is 0 Å². The summed E-state index contributed by atoms with van der Waals surface area (Å²) in [6.45, 7) is 5.80. The van der Waals surface area contributed by atoms with Gasteiger partial charge in [0.25, 0.3) is 5.56 Å². The Hall–Kier alpha value is -2.32. The van der Waals surface area contributed by atoms with E-state index in [2.05, 4.69) is 11.6 Å². The number of rotatable bonds is 6. The maximum Gasteiger partial charge on any atom is 0.341 e. The average Bonchev–Trinajstić information content (AvgIpc) is 3.21. The smallest absolute Gasteiger partial charge is 0.341 e. The summed E-state index contributed by atoms with van der Waals surface area (Å²) in [4.78, 5) is 29.5. The molecule has 3 aromatic rings. The van der Waals surface area contributed by atoms with E-state index in [1.54, 1.807) is 29.7 Å². The maximum absolute atomic E-state index is 12.6. The molecule has 0 N–H and O–H groups in total. The molecule has 0 aromatic carbocycles. The Kier molecular flexibility index (Phi) is 5.10. The minimum Gasteiger partial charge on any atom is -0.465 e. The molecule has 0 saturated carbocycles. The number of ether oxygens (including phenoxy) is 1. The zero-order chi connectivity index (χ0) is 18.0. The minimum absolute atomic E-state index is 0.0838. The molecule has 3 aromatic heterocycles. The number of allylic oxidation sites excluding steroid dienone is 1. The summed E-state index contributed by atoms with van der Waals surface area (Å²) < 4.78 is 11.9. The van der Waals surface area contributed by atoms with Crippen LogP contribution >= 0.6 is 23.1 Å². The summed E-state index contributed by atoms with van der Waals surface area (Å²) in [6.07, 6.45) is 1.66. The van der Waals surface area contributed by atoms with Gasteiger partial charge in [-0.15, -0.1) is 17.9 Å². The molecular formula is C17H16N2O4S2. The molecule has 0 aliphatic rings. The van der Waals surface area contributed by atoms with E-state index in [1.807, 2.05) is 5.38 Å². The second-order valence-electron chi connectivity index (χ2n) is 5.20. The molecule has 130 valence electrons. The van der Waals surface area contributed by atoms with Gasteiger partial charge in [0, 0.05) is 6.54 Å². The molecule has 0 aliphatic carbocycles. The number of nitrogens with zero attached hydrogens (tertiary/aromatic N) is 2. The van der Waals surface area contributed by atoms with Gasteiger partial charge in [-0.05, 0) is 24.4 Å². The van der Waals surface area contributed by atoms with Crippen LogP contribution in [0.15, 0.2) is 44.5 Å². The molecule has 0 unspecified atom stereocenters. The van der Waals surface area contributed by atoms with Crippen LogP contribution < -0.4 is 5.56 Å². The highest BCUT2D eigenvalue weighted by Crippen LogP contribution is 2.26. The van der Waals surface area contributed by atoms with Crippen LogP contribution in [-0.2, 0) is 17.0 Å². The first-order valence-electron chi connectivity index (χ1n) is 7.44. The van der Waals surface area contributed by atoms with Crippen LogP contribution in [0.2, 0.25) is 0 Å². The van der Waals surface area contributed by atoms with Crippen molar-refractivity contribution in [1.82, 2.24) is 9.55 Å². The number of esters is 1. The number of carbonyl (C=O) groups is 1. The third-order valence-corrected chi connectivity index (χ3v) is 5.38. The fourth-order valence-electron chi connectivity index (χ4n) is 2.39. The number of aromatic nitrogens is 2. The van der Waals surface area contributed by atoms with Crippen molar-refractivity contribution in [2.24, 2.45) is 0 Å². The highest BCUT2D eigenvalue weighted by molar-refractivity contribution is 7.98.